The summed E-state index contributed by atoms with van der Waals surface area (Å²) in [5.41, 5.74) is 0.836. The summed E-state index contributed by atoms with van der Waals surface area (Å²) in [6, 6.07) is 5.69. The van der Waals surface area contributed by atoms with Gasteiger partial charge in [-0.05, 0) is 41.9 Å². The molecule has 1 amide bonds. The topological polar surface area (TPSA) is 29.5 Å². The minimum absolute atomic E-state index is 0.0110. The average molecular weight is 270 g/mol. The summed E-state index contributed by atoms with van der Waals surface area (Å²) in [6.07, 6.45) is -0.397. The second kappa shape index (κ2) is 3.85. The van der Waals surface area contributed by atoms with Gasteiger partial charge in [-0.15, -0.1) is 0 Å². The Hall–Kier alpha value is -1.03. The van der Waals surface area contributed by atoms with Crippen molar-refractivity contribution in [3.8, 4) is 5.75 Å². The van der Waals surface area contributed by atoms with Gasteiger partial charge in [0.15, 0.2) is 6.10 Å². The Morgan fingerprint density at radius 2 is 2.27 bits per heavy atom. The van der Waals surface area contributed by atoms with Gasteiger partial charge < -0.3 is 9.64 Å². The van der Waals surface area contributed by atoms with Gasteiger partial charge in [0, 0.05) is 11.0 Å². The molecule has 1 heterocycles. The first-order valence-electron chi connectivity index (χ1n) is 4.91. The van der Waals surface area contributed by atoms with E-state index in [1.165, 1.54) is 0 Å². The molecule has 2 rings (SSSR count). The van der Waals surface area contributed by atoms with Gasteiger partial charge in [0.2, 0.25) is 0 Å². The largest absolute Gasteiger partial charge is 0.479 e. The number of hydrogen-bond acceptors (Lipinski definition) is 2. The SMILES string of the molecule is CCN1C(=O)C(C)Oc2cccc(Br)c21. The first kappa shape index (κ1) is 10.5. The molecule has 0 aliphatic carbocycles. The number of para-hydroxylation sites is 1. The number of ether oxygens (including phenoxy) is 1. The summed E-state index contributed by atoms with van der Waals surface area (Å²) >= 11 is 3.44. The number of rotatable bonds is 1. The van der Waals surface area contributed by atoms with E-state index < -0.39 is 6.10 Å². The summed E-state index contributed by atoms with van der Waals surface area (Å²) in [4.78, 5) is 13.6. The standard InChI is InChI=1S/C11H12BrNO2/c1-3-13-10-8(12)5-4-6-9(10)15-7(2)11(13)14/h4-7H,3H2,1-2H3. The predicted molar refractivity (Wildman–Crippen MR) is 62.3 cm³/mol. The molecule has 0 spiro atoms. The van der Waals surface area contributed by atoms with Gasteiger partial charge in [0.05, 0.1) is 0 Å². The van der Waals surface area contributed by atoms with E-state index in [-0.39, 0.29) is 5.91 Å². The normalized spacial score (nSPS) is 19.8. The van der Waals surface area contributed by atoms with Crippen LogP contribution in [0.2, 0.25) is 0 Å². The van der Waals surface area contributed by atoms with E-state index >= 15 is 0 Å². The van der Waals surface area contributed by atoms with E-state index in [0.717, 1.165) is 15.9 Å². The summed E-state index contributed by atoms with van der Waals surface area (Å²) in [5.74, 6) is 0.773. The number of benzene rings is 1. The molecule has 3 nitrogen and oxygen atoms in total. The minimum Gasteiger partial charge on any atom is -0.479 e. The zero-order valence-electron chi connectivity index (χ0n) is 8.66. The summed E-state index contributed by atoms with van der Waals surface area (Å²) < 4.78 is 6.43. The molecule has 1 aromatic rings. The number of nitrogens with zero attached hydrogens (tertiary/aromatic N) is 1. The highest BCUT2D eigenvalue weighted by molar-refractivity contribution is 9.10. The van der Waals surface area contributed by atoms with Crippen LogP contribution in [0.3, 0.4) is 0 Å². The minimum atomic E-state index is -0.397. The fourth-order valence-electron chi connectivity index (χ4n) is 1.74. The molecule has 1 atom stereocenters. The number of halogens is 1. The lowest BCUT2D eigenvalue weighted by atomic mass is 10.2. The molecule has 0 bridgehead atoms. The molecular formula is C11H12BrNO2. The zero-order valence-corrected chi connectivity index (χ0v) is 10.2. The number of amides is 1. The molecule has 0 fully saturated rings. The van der Waals surface area contributed by atoms with Crippen molar-refractivity contribution >= 4 is 27.5 Å². The van der Waals surface area contributed by atoms with E-state index in [4.69, 9.17) is 4.74 Å². The van der Waals surface area contributed by atoms with Crippen molar-refractivity contribution in [2.24, 2.45) is 0 Å². The molecule has 1 unspecified atom stereocenters. The second-order valence-corrected chi connectivity index (χ2v) is 4.28. The monoisotopic (exact) mass is 269 g/mol. The average Bonchev–Trinajstić information content (AvgIpc) is 2.21. The molecule has 0 radical (unpaired) electrons. The molecule has 0 aromatic heterocycles. The van der Waals surface area contributed by atoms with Crippen molar-refractivity contribution in [2.45, 2.75) is 20.0 Å². The third-order valence-electron chi connectivity index (χ3n) is 2.45. The zero-order chi connectivity index (χ0) is 11.0. The van der Waals surface area contributed by atoms with E-state index in [1.807, 2.05) is 25.1 Å². The lowest BCUT2D eigenvalue weighted by molar-refractivity contribution is -0.125. The van der Waals surface area contributed by atoms with Crippen molar-refractivity contribution < 1.29 is 9.53 Å². The molecule has 80 valence electrons. The predicted octanol–water partition coefficient (Wildman–Crippen LogP) is 2.58. The van der Waals surface area contributed by atoms with Gasteiger partial charge in [-0.3, -0.25) is 4.79 Å². The fraction of sp³-hybridized carbons (Fsp3) is 0.364. The maximum absolute atomic E-state index is 11.9. The van der Waals surface area contributed by atoms with Crippen molar-refractivity contribution in [2.75, 3.05) is 11.4 Å². The van der Waals surface area contributed by atoms with Gasteiger partial charge in [-0.2, -0.15) is 0 Å². The van der Waals surface area contributed by atoms with Crippen LogP contribution in [-0.4, -0.2) is 18.6 Å². The fourth-order valence-corrected chi connectivity index (χ4v) is 2.30. The van der Waals surface area contributed by atoms with Gasteiger partial charge in [-0.25, -0.2) is 0 Å². The lowest BCUT2D eigenvalue weighted by Gasteiger charge is -2.32. The third-order valence-corrected chi connectivity index (χ3v) is 3.09. The van der Waals surface area contributed by atoms with E-state index in [9.17, 15) is 4.79 Å². The molecule has 0 saturated carbocycles. The number of anilines is 1. The number of fused-ring (bicyclic) bond motifs is 1. The van der Waals surface area contributed by atoms with Crippen LogP contribution >= 0.6 is 15.9 Å². The molecule has 1 aromatic carbocycles. The van der Waals surface area contributed by atoms with Crippen LogP contribution in [-0.2, 0) is 4.79 Å². The summed E-state index contributed by atoms with van der Waals surface area (Å²) in [5, 5.41) is 0. The third kappa shape index (κ3) is 1.63. The van der Waals surface area contributed by atoms with Crippen LogP contribution in [0, 0.1) is 0 Å². The highest BCUT2D eigenvalue weighted by Crippen LogP contribution is 2.39. The molecule has 4 heteroatoms. The van der Waals surface area contributed by atoms with E-state index in [0.29, 0.717) is 6.54 Å². The molecule has 1 aliphatic heterocycles. The maximum Gasteiger partial charge on any atom is 0.267 e. The second-order valence-electron chi connectivity index (χ2n) is 3.43. The highest BCUT2D eigenvalue weighted by Gasteiger charge is 2.31. The Kier molecular flexibility index (Phi) is 2.69. The van der Waals surface area contributed by atoms with Gasteiger partial charge in [0.25, 0.3) is 5.91 Å². The van der Waals surface area contributed by atoms with Gasteiger partial charge in [0.1, 0.15) is 11.4 Å². The maximum atomic E-state index is 11.9. The van der Waals surface area contributed by atoms with Crippen molar-refractivity contribution in [1.29, 1.82) is 0 Å². The Labute approximate surface area is 97.2 Å². The molecule has 0 saturated heterocycles. The Morgan fingerprint density at radius 3 is 2.93 bits per heavy atom. The number of carbonyl (C=O) groups is 1. The Bertz CT molecular complexity index is 406. The van der Waals surface area contributed by atoms with E-state index in [2.05, 4.69) is 15.9 Å². The highest BCUT2D eigenvalue weighted by atomic mass is 79.9. The Balaban J connectivity index is 2.56. The quantitative estimate of drug-likeness (QED) is 0.785. The van der Waals surface area contributed by atoms with Crippen molar-refractivity contribution in [3.05, 3.63) is 22.7 Å². The van der Waals surface area contributed by atoms with Crippen LogP contribution in [0.1, 0.15) is 13.8 Å². The van der Waals surface area contributed by atoms with Crippen LogP contribution in [0.5, 0.6) is 5.75 Å². The van der Waals surface area contributed by atoms with Crippen LogP contribution < -0.4 is 9.64 Å². The smallest absolute Gasteiger partial charge is 0.267 e. The van der Waals surface area contributed by atoms with Gasteiger partial charge in [-0.1, -0.05) is 6.07 Å². The molecule has 15 heavy (non-hydrogen) atoms. The lowest BCUT2D eigenvalue weighted by Crippen LogP contribution is -2.44. The van der Waals surface area contributed by atoms with Crippen LogP contribution in [0.4, 0.5) is 5.69 Å². The van der Waals surface area contributed by atoms with Crippen LogP contribution in [0.15, 0.2) is 22.7 Å². The molecular weight excluding hydrogens is 258 g/mol. The number of hydrogen-bond donors (Lipinski definition) is 0. The van der Waals surface area contributed by atoms with E-state index in [1.54, 1.807) is 11.8 Å². The van der Waals surface area contributed by atoms with Crippen LogP contribution in [0.25, 0.3) is 0 Å². The molecule has 0 N–H and O–H groups in total. The molecule has 1 aliphatic rings. The van der Waals surface area contributed by atoms with Crippen molar-refractivity contribution in [3.63, 3.8) is 0 Å². The van der Waals surface area contributed by atoms with Crippen molar-refractivity contribution in [1.82, 2.24) is 0 Å². The first-order chi connectivity index (χ1) is 7.15. The van der Waals surface area contributed by atoms with Gasteiger partial charge >= 0.3 is 0 Å². The number of likely N-dealkylation sites (N-methyl/N-ethyl adjacent to an activating group) is 1. The first-order valence-corrected chi connectivity index (χ1v) is 5.71. The summed E-state index contributed by atoms with van der Waals surface area (Å²) in [7, 11) is 0. The Morgan fingerprint density at radius 1 is 1.53 bits per heavy atom. The number of carbonyl (C=O) groups excluding carboxylic acids is 1. The summed E-state index contributed by atoms with van der Waals surface area (Å²) in [6.45, 7) is 4.39.